The van der Waals surface area contributed by atoms with E-state index in [0.717, 1.165) is 10.4 Å². The normalized spacial score (nSPS) is 16.0. The van der Waals surface area contributed by atoms with E-state index in [1.165, 1.54) is 37.8 Å². The fourth-order valence-corrected chi connectivity index (χ4v) is 5.78. The van der Waals surface area contributed by atoms with Crippen molar-refractivity contribution in [1.82, 2.24) is 24.2 Å². The third-order valence-corrected chi connectivity index (χ3v) is 7.73. The average molecular weight is 541 g/mol. The Hall–Kier alpha value is -4.43. The summed E-state index contributed by atoms with van der Waals surface area (Å²) in [5, 5.41) is 9.73. The number of hydrogen-bond acceptors (Lipinski definition) is 8. The Morgan fingerprint density at radius 2 is 1.89 bits per heavy atom. The zero-order chi connectivity index (χ0) is 27.0. The maximum atomic E-state index is 15.5. The molecule has 1 aliphatic heterocycles. The number of aliphatic carboxylic acids is 1. The molecule has 1 fully saturated rings. The van der Waals surface area contributed by atoms with Gasteiger partial charge in [-0.15, -0.1) is 0 Å². The van der Waals surface area contributed by atoms with Crippen LogP contribution in [0.5, 0.6) is 6.01 Å². The van der Waals surface area contributed by atoms with E-state index >= 15 is 4.39 Å². The lowest BCUT2D eigenvalue weighted by Gasteiger charge is -2.22. The summed E-state index contributed by atoms with van der Waals surface area (Å²) in [6.45, 7) is -0.0174. The molecule has 0 spiro atoms. The van der Waals surface area contributed by atoms with E-state index in [1.54, 1.807) is 12.3 Å². The minimum atomic E-state index is -4.39. The Morgan fingerprint density at radius 1 is 1.16 bits per heavy atom. The average Bonchev–Trinajstić information content (AvgIpc) is 3.57. The molecule has 1 saturated heterocycles. The van der Waals surface area contributed by atoms with Gasteiger partial charge >= 0.3 is 22.2 Å². The highest BCUT2D eigenvalue weighted by atomic mass is 32.2. The van der Waals surface area contributed by atoms with Gasteiger partial charge in [0.05, 0.1) is 18.4 Å². The standard InChI is InChI=1S/C24H21FN6O6S/c1-37-24-28-10-14(11-29-24)13-8-16-17(12-27-22(16)26-9-13)21(32)15-4-2-5-18(20(15)25)30-38(35,36)31-7-3-6-19(31)23(33)34/h2,4-5,8-12,19,30H,3,6-7H2,1H3,(H,26,27)(H,33,34). The van der Waals surface area contributed by atoms with Crippen LogP contribution in [0.15, 0.2) is 49.1 Å². The number of fused-ring (bicyclic) bond motifs is 1. The van der Waals surface area contributed by atoms with Crippen LogP contribution in [0.2, 0.25) is 0 Å². The summed E-state index contributed by atoms with van der Waals surface area (Å²) in [4.78, 5) is 40.1. The van der Waals surface area contributed by atoms with E-state index in [-0.39, 0.29) is 30.1 Å². The molecule has 12 nitrogen and oxygen atoms in total. The summed E-state index contributed by atoms with van der Waals surface area (Å²) in [6, 6.07) is 4.35. The molecule has 38 heavy (non-hydrogen) atoms. The van der Waals surface area contributed by atoms with Gasteiger partial charge in [0.1, 0.15) is 11.7 Å². The highest BCUT2D eigenvalue weighted by Gasteiger charge is 2.39. The summed E-state index contributed by atoms with van der Waals surface area (Å²) in [5.74, 6) is -3.08. The van der Waals surface area contributed by atoms with Crippen LogP contribution in [0.3, 0.4) is 0 Å². The molecule has 0 saturated carbocycles. The summed E-state index contributed by atoms with van der Waals surface area (Å²) in [5.41, 5.74) is 0.880. The molecule has 1 atom stereocenters. The second-order valence-corrected chi connectivity index (χ2v) is 10.1. The Labute approximate surface area is 215 Å². The zero-order valence-electron chi connectivity index (χ0n) is 19.9. The van der Waals surface area contributed by atoms with Gasteiger partial charge in [-0.1, -0.05) is 6.07 Å². The van der Waals surface area contributed by atoms with Crippen LogP contribution < -0.4 is 9.46 Å². The van der Waals surface area contributed by atoms with E-state index in [0.29, 0.717) is 28.6 Å². The number of ketones is 1. The summed E-state index contributed by atoms with van der Waals surface area (Å²) < 4.78 is 49.0. The van der Waals surface area contributed by atoms with Crippen LogP contribution in [0, 0.1) is 5.82 Å². The second-order valence-electron chi connectivity index (χ2n) is 8.49. The molecule has 4 aromatic rings. The van der Waals surface area contributed by atoms with Crippen LogP contribution in [-0.2, 0) is 15.0 Å². The minimum absolute atomic E-state index is 0.0174. The van der Waals surface area contributed by atoms with Crippen LogP contribution in [0.4, 0.5) is 10.1 Å². The molecule has 1 aliphatic rings. The van der Waals surface area contributed by atoms with Gasteiger partial charge in [0.2, 0.25) is 0 Å². The van der Waals surface area contributed by atoms with Crippen molar-refractivity contribution in [1.29, 1.82) is 0 Å². The highest BCUT2D eigenvalue weighted by Crippen LogP contribution is 2.29. The van der Waals surface area contributed by atoms with Crippen molar-refractivity contribution in [2.45, 2.75) is 18.9 Å². The van der Waals surface area contributed by atoms with Crippen molar-refractivity contribution in [3.63, 3.8) is 0 Å². The van der Waals surface area contributed by atoms with Crippen molar-refractivity contribution in [2.24, 2.45) is 0 Å². The Bertz CT molecular complexity index is 1660. The number of H-pyrrole nitrogens is 1. The molecular formula is C24H21FN6O6S. The molecule has 3 aromatic heterocycles. The lowest BCUT2D eigenvalue weighted by Crippen LogP contribution is -2.43. The van der Waals surface area contributed by atoms with Crippen LogP contribution in [0.1, 0.15) is 28.8 Å². The second kappa shape index (κ2) is 9.79. The fraction of sp³-hybridized carbons (Fsp3) is 0.208. The first-order valence-corrected chi connectivity index (χ1v) is 12.8. The fourth-order valence-electron chi connectivity index (χ4n) is 4.32. The number of benzene rings is 1. The van der Waals surface area contributed by atoms with Gasteiger partial charge in [-0.25, -0.2) is 19.3 Å². The van der Waals surface area contributed by atoms with Crippen LogP contribution in [0.25, 0.3) is 22.2 Å². The molecular weight excluding hydrogens is 519 g/mol. The molecule has 4 heterocycles. The number of aromatic nitrogens is 4. The highest BCUT2D eigenvalue weighted by molar-refractivity contribution is 7.90. The maximum absolute atomic E-state index is 15.5. The van der Waals surface area contributed by atoms with Crippen molar-refractivity contribution >= 4 is 38.7 Å². The molecule has 0 aliphatic carbocycles. The Balaban J connectivity index is 1.47. The van der Waals surface area contributed by atoms with Gasteiger partial charge in [-0.05, 0) is 31.0 Å². The van der Waals surface area contributed by atoms with Crippen molar-refractivity contribution in [3.05, 3.63) is 66.0 Å². The quantitative estimate of drug-likeness (QED) is 0.285. The molecule has 1 unspecified atom stereocenters. The Morgan fingerprint density at radius 3 is 2.61 bits per heavy atom. The molecule has 0 radical (unpaired) electrons. The van der Waals surface area contributed by atoms with Crippen molar-refractivity contribution in [2.75, 3.05) is 18.4 Å². The number of methoxy groups -OCH3 is 1. The number of hydrogen-bond donors (Lipinski definition) is 3. The first-order chi connectivity index (χ1) is 18.2. The number of halogens is 1. The third kappa shape index (κ3) is 4.54. The van der Waals surface area contributed by atoms with Crippen LogP contribution in [-0.4, -0.2) is 69.2 Å². The van der Waals surface area contributed by atoms with Gasteiger partial charge < -0.3 is 14.8 Å². The number of pyridine rings is 1. The predicted octanol–water partition coefficient (Wildman–Crippen LogP) is 2.60. The first-order valence-electron chi connectivity index (χ1n) is 11.4. The number of rotatable bonds is 8. The largest absolute Gasteiger partial charge is 0.480 e. The number of carboxylic acids is 1. The van der Waals surface area contributed by atoms with E-state index in [2.05, 4.69) is 24.7 Å². The van der Waals surface area contributed by atoms with Crippen LogP contribution >= 0.6 is 0 Å². The first kappa shape index (κ1) is 25.2. The molecule has 196 valence electrons. The van der Waals surface area contributed by atoms with E-state index in [4.69, 9.17) is 4.74 Å². The number of nitrogens with one attached hydrogen (secondary N) is 2. The van der Waals surface area contributed by atoms with Crippen molar-refractivity contribution in [3.8, 4) is 17.1 Å². The minimum Gasteiger partial charge on any atom is -0.480 e. The van der Waals surface area contributed by atoms with Crippen molar-refractivity contribution < 1.29 is 32.2 Å². The topological polar surface area (TPSA) is 167 Å². The van der Waals surface area contributed by atoms with Gasteiger partial charge in [0, 0.05) is 53.4 Å². The van der Waals surface area contributed by atoms with Gasteiger partial charge in [-0.3, -0.25) is 14.3 Å². The molecule has 14 heteroatoms. The lowest BCUT2D eigenvalue weighted by molar-refractivity contribution is -0.140. The number of carboxylic acid groups (broad SMARTS) is 1. The van der Waals surface area contributed by atoms with E-state index in [1.807, 2.05) is 0 Å². The molecule has 3 N–H and O–H groups in total. The number of carbonyl (C=O) groups excluding carboxylic acids is 1. The number of nitrogens with zero attached hydrogens (tertiary/aromatic N) is 4. The molecule has 0 bridgehead atoms. The molecule has 0 amide bonds. The maximum Gasteiger partial charge on any atom is 0.322 e. The SMILES string of the molecule is COc1ncc(-c2cnc3[nH]cc(C(=O)c4cccc(NS(=O)(=O)N5CCCC5C(=O)O)c4F)c3c2)cn1. The Kier molecular flexibility index (Phi) is 6.50. The predicted molar refractivity (Wildman–Crippen MR) is 133 cm³/mol. The number of aromatic amines is 1. The summed E-state index contributed by atoms with van der Waals surface area (Å²) in [6.07, 6.45) is 6.54. The molecule has 5 rings (SSSR count). The monoisotopic (exact) mass is 540 g/mol. The smallest absolute Gasteiger partial charge is 0.322 e. The lowest BCUT2D eigenvalue weighted by atomic mass is 10.0. The number of carbonyl (C=O) groups is 2. The molecule has 1 aromatic carbocycles. The number of ether oxygens (including phenoxy) is 1. The van der Waals surface area contributed by atoms with E-state index < -0.39 is 39.5 Å². The van der Waals surface area contributed by atoms with Gasteiger partial charge in [0.25, 0.3) is 0 Å². The summed E-state index contributed by atoms with van der Waals surface area (Å²) >= 11 is 0. The third-order valence-electron chi connectivity index (χ3n) is 6.20. The zero-order valence-corrected chi connectivity index (χ0v) is 20.7. The summed E-state index contributed by atoms with van der Waals surface area (Å²) in [7, 11) is -2.94. The van der Waals surface area contributed by atoms with Gasteiger partial charge in [-0.2, -0.15) is 12.7 Å². The van der Waals surface area contributed by atoms with E-state index in [9.17, 15) is 23.1 Å². The number of anilines is 1. The van der Waals surface area contributed by atoms with Gasteiger partial charge in [0.15, 0.2) is 11.6 Å².